The number of halogens is 2. The Hall–Kier alpha value is -0.800. The minimum absolute atomic E-state index is 0.0205. The average Bonchev–Trinajstić information content (AvgIpc) is 2.10. The van der Waals surface area contributed by atoms with Crippen LogP contribution in [0.2, 0.25) is 0 Å². The van der Waals surface area contributed by atoms with E-state index in [1.54, 1.807) is 0 Å². The minimum Gasteiger partial charge on any atom is -0.216 e. The van der Waals surface area contributed by atoms with E-state index in [4.69, 9.17) is 0 Å². The molecular formula is C6H9F2NO4S2. The Bertz CT molecular complexity index is 396. The van der Waals surface area contributed by atoms with Gasteiger partial charge in [0, 0.05) is 0 Å². The largest absolute Gasteiger partial charge is 0.228 e. The molecule has 0 radical (unpaired) electrons. The van der Waals surface area contributed by atoms with Crippen LogP contribution in [0.5, 0.6) is 0 Å². The highest BCUT2D eigenvalue weighted by molar-refractivity contribution is 8.04. The topological polar surface area (TPSA) is 80.3 Å². The van der Waals surface area contributed by atoms with Crippen molar-refractivity contribution in [1.29, 1.82) is 0 Å². The number of hydrogen-bond acceptors (Lipinski definition) is 4. The molecule has 15 heavy (non-hydrogen) atoms. The molecule has 0 spiro atoms. The van der Waals surface area contributed by atoms with Gasteiger partial charge in [-0.3, -0.25) is 0 Å². The first-order valence-corrected chi connectivity index (χ1v) is 6.88. The maximum absolute atomic E-state index is 11.5. The van der Waals surface area contributed by atoms with Gasteiger partial charge < -0.3 is 0 Å². The fourth-order valence-corrected chi connectivity index (χ4v) is 3.33. The van der Waals surface area contributed by atoms with E-state index in [2.05, 4.69) is 0 Å². The molecule has 0 aromatic heterocycles. The lowest BCUT2D eigenvalue weighted by molar-refractivity contribution is 0.579. The molecule has 0 atom stereocenters. The fourth-order valence-electron chi connectivity index (χ4n) is 0.588. The van der Waals surface area contributed by atoms with Gasteiger partial charge in [-0.2, -0.15) is 0 Å². The van der Waals surface area contributed by atoms with Crippen LogP contribution in [0.25, 0.3) is 0 Å². The number of sulfonamides is 2. The number of nitrogens with one attached hydrogen (secondary N) is 1. The van der Waals surface area contributed by atoms with Gasteiger partial charge in [-0.1, -0.05) is 0 Å². The Kier molecular flexibility index (Phi) is 5.61. The lowest BCUT2D eigenvalue weighted by atomic mass is 10.7. The molecule has 9 heteroatoms. The summed E-state index contributed by atoms with van der Waals surface area (Å²) in [5.41, 5.74) is 0. The summed E-state index contributed by atoms with van der Waals surface area (Å²) in [6, 6.07) is 0. The van der Waals surface area contributed by atoms with Crippen LogP contribution in [0.15, 0.2) is 24.8 Å². The molecular weight excluding hydrogens is 252 g/mol. The Morgan fingerprint density at radius 3 is 1.47 bits per heavy atom. The monoisotopic (exact) mass is 261 g/mol. The fraction of sp³-hybridized carbons (Fsp3) is 0.333. The van der Waals surface area contributed by atoms with Crippen LogP contribution < -0.4 is 4.13 Å². The molecule has 5 nitrogen and oxygen atoms in total. The Balaban J connectivity index is 4.58. The van der Waals surface area contributed by atoms with Crippen molar-refractivity contribution in [1.82, 2.24) is 4.13 Å². The highest BCUT2D eigenvalue weighted by atomic mass is 32.3. The Morgan fingerprint density at radius 1 is 0.867 bits per heavy atom. The average molecular weight is 261 g/mol. The zero-order valence-corrected chi connectivity index (χ0v) is 9.06. The minimum atomic E-state index is -4.15. The quantitative estimate of drug-likeness (QED) is 0.740. The number of hydrogen-bond donors (Lipinski definition) is 1. The van der Waals surface area contributed by atoms with Gasteiger partial charge in [-0.25, -0.2) is 25.6 Å². The second-order valence-electron chi connectivity index (χ2n) is 2.37. The van der Waals surface area contributed by atoms with Crippen molar-refractivity contribution in [2.24, 2.45) is 0 Å². The molecule has 0 aliphatic heterocycles. The first-order valence-electron chi connectivity index (χ1n) is 3.57. The van der Waals surface area contributed by atoms with E-state index in [0.29, 0.717) is 12.2 Å². The summed E-state index contributed by atoms with van der Waals surface area (Å²) in [4.78, 5) is 0. The highest BCUT2D eigenvalue weighted by Crippen LogP contribution is 1.94. The first-order chi connectivity index (χ1) is 6.83. The van der Waals surface area contributed by atoms with Gasteiger partial charge in [0.1, 0.15) is 0 Å². The molecule has 0 aliphatic carbocycles. The van der Waals surface area contributed by atoms with Crippen molar-refractivity contribution < 1.29 is 25.6 Å². The van der Waals surface area contributed by atoms with Gasteiger partial charge in [-0.05, 0) is 12.2 Å². The third-order valence-corrected chi connectivity index (χ3v) is 4.36. The summed E-state index contributed by atoms with van der Waals surface area (Å²) in [7, 11) is -8.31. The van der Waals surface area contributed by atoms with E-state index < -0.39 is 31.6 Å². The van der Waals surface area contributed by atoms with Crippen LogP contribution in [0.1, 0.15) is 0 Å². The van der Waals surface area contributed by atoms with Crippen LogP contribution in [0.4, 0.5) is 8.78 Å². The normalized spacial score (nSPS) is 14.0. The highest BCUT2D eigenvalue weighted by Gasteiger charge is 2.17. The van der Waals surface area contributed by atoms with Gasteiger partial charge in [-0.15, -0.1) is 4.13 Å². The lowest BCUT2D eigenvalue weighted by Crippen LogP contribution is -2.33. The van der Waals surface area contributed by atoms with E-state index in [9.17, 15) is 25.6 Å². The van der Waals surface area contributed by atoms with Crippen molar-refractivity contribution in [3.63, 3.8) is 0 Å². The third-order valence-electron chi connectivity index (χ3n) is 1.06. The molecule has 0 rings (SSSR count). The molecule has 0 saturated heterocycles. The zero-order valence-electron chi connectivity index (χ0n) is 7.43. The third kappa shape index (κ3) is 7.17. The first kappa shape index (κ1) is 14.2. The smallest absolute Gasteiger partial charge is 0.216 e. The van der Waals surface area contributed by atoms with Crippen LogP contribution in [-0.4, -0.2) is 28.3 Å². The second-order valence-corrected chi connectivity index (χ2v) is 6.16. The van der Waals surface area contributed by atoms with E-state index in [1.807, 2.05) is 0 Å². The van der Waals surface area contributed by atoms with Crippen molar-refractivity contribution >= 4 is 20.0 Å². The van der Waals surface area contributed by atoms with E-state index in [-0.39, 0.29) is 12.7 Å². The molecule has 0 unspecified atom stereocenters. The summed E-state index contributed by atoms with van der Waals surface area (Å²) in [5, 5.41) is 0. The zero-order chi connectivity index (χ0) is 11.9. The molecule has 0 saturated carbocycles. The van der Waals surface area contributed by atoms with Crippen molar-refractivity contribution in [3.8, 4) is 0 Å². The van der Waals surface area contributed by atoms with Crippen molar-refractivity contribution in [3.05, 3.63) is 24.8 Å². The maximum atomic E-state index is 11.5. The van der Waals surface area contributed by atoms with Crippen LogP contribution in [0.3, 0.4) is 0 Å². The second kappa shape index (κ2) is 5.93. The molecule has 0 bridgehead atoms. The van der Waals surface area contributed by atoms with Gasteiger partial charge in [0.25, 0.3) is 0 Å². The predicted octanol–water partition coefficient (Wildman–Crippen LogP) is 0.202. The van der Waals surface area contributed by atoms with Crippen molar-refractivity contribution in [2.45, 2.75) is 0 Å². The van der Waals surface area contributed by atoms with Gasteiger partial charge in [0.15, 0.2) is 0 Å². The predicted molar refractivity (Wildman–Crippen MR) is 51.2 cm³/mol. The molecule has 1 N–H and O–H groups in total. The summed E-state index contributed by atoms with van der Waals surface area (Å²) in [6.07, 6.45) is 1.21. The van der Waals surface area contributed by atoms with Crippen LogP contribution in [-0.2, 0) is 20.0 Å². The van der Waals surface area contributed by atoms with Crippen LogP contribution in [0, 0.1) is 0 Å². The van der Waals surface area contributed by atoms with Crippen molar-refractivity contribution in [2.75, 3.05) is 11.5 Å². The lowest BCUT2D eigenvalue weighted by Gasteiger charge is -2.03. The molecule has 0 aromatic rings. The maximum Gasteiger partial charge on any atom is 0.228 e. The van der Waals surface area contributed by atoms with E-state index >= 15 is 0 Å². The summed E-state index contributed by atoms with van der Waals surface area (Å²) < 4.78 is 68.0. The molecule has 88 valence electrons. The summed E-state index contributed by atoms with van der Waals surface area (Å²) >= 11 is 0. The van der Waals surface area contributed by atoms with E-state index in [0.717, 1.165) is 0 Å². The van der Waals surface area contributed by atoms with Gasteiger partial charge in [0.2, 0.25) is 20.0 Å². The molecule has 0 fully saturated rings. The Morgan fingerprint density at radius 2 is 1.20 bits per heavy atom. The van der Waals surface area contributed by atoms with Crippen LogP contribution >= 0.6 is 0 Å². The SMILES string of the molecule is O=S(=O)(CC=CF)NS(=O)(=O)CC=CF. The Labute approximate surface area is 86.6 Å². The molecule has 0 aromatic carbocycles. The van der Waals surface area contributed by atoms with E-state index in [1.165, 1.54) is 4.13 Å². The molecule has 0 amide bonds. The standard InChI is InChI=1S/C6H9F2NO4S2/c7-3-1-5-14(10,11)9-15(12,13)6-2-4-8/h1-4,9H,5-6H2. The number of rotatable bonds is 6. The van der Waals surface area contributed by atoms with Gasteiger partial charge in [0.05, 0.1) is 24.2 Å². The molecule has 0 heterocycles. The summed E-state index contributed by atoms with van der Waals surface area (Å²) in [6.45, 7) is 0. The molecule has 0 aliphatic rings. The summed E-state index contributed by atoms with van der Waals surface area (Å²) in [5.74, 6) is -1.61. The van der Waals surface area contributed by atoms with Gasteiger partial charge >= 0.3 is 0 Å².